The van der Waals surface area contributed by atoms with E-state index in [1.165, 1.54) is 44.9 Å². The molecule has 1 unspecified atom stereocenters. The van der Waals surface area contributed by atoms with Gasteiger partial charge in [-0.2, -0.15) is 0 Å². The molecule has 0 aromatic heterocycles. The molecule has 1 atom stereocenters. The predicted molar refractivity (Wildman–Crippen MR) is 104 cm³/mol. The van der Waals surface area contributed by atoms with Gasteiger partial charge in [0.05, 0.1) is 0 Å². The Bertz CT molecular complexity index is 299. The van der Waals surface area contributed by atoms with E-state index in [0.29, 0.717) is 18.8 Å². The normalized spacial score (nSPS) is 11.2. The molecule has 0 heterocycles. The summed E-state index contributed by atoms with van der Waals surface area (Å²) in [4.78, 5) is 20.9. The molecule has 0 aliphatic heterocycles. The van der Waals surface area contributed by atoms with E-state index in [0.717, 1.165) is 32.1 Å². The number of carbonyl (C=O) groups is 2. The van der Waals surface area contributed by atoms with Crippen LogP contribution in [0.25, 0.3) is 0 Å². The number of halogens is 2. The van der Waals surface area contributed by atoms with Crippen LogP contribution in [0.5, 0.6) is 0 Å². The zero-order chi connectivity index (χ0) is 16.6. The van der Waals surface area contributed by atoms with E-state index < -0.39 is 11.9 Å². The molecular formula is C18H36Cl2O4. The van der Waals surface area contributed by atoms with Crippen LogP contribution in [0, 0.1) is 5.92 Å². The van der Waals surface area contributed by atoms with Crippen molar-refractivity contribution < 1.29 is 19.8 Å². The Morgan fingerprint density at radius 1 is 0.667 bits per heavy atom. The molecule has 0 spiro atoms. The molecule has 4 nitrogen and oxygen atoms in total. The Balaban J connectivity index is -0.00000220. The Morgan fingerprint density at radius 2 is 1.08 bits per heavy atom. The number of carboxylic acid groups (broad SMARTS) is 2. The van der Waals surface area contributed by atoms with Crippen molar-refractivity contribution in [3.05, 3.63) is 0 Å². The van der Waals surface area contributed by atoms with E-state index in [-0.39, 0.29) is 24.8 Å². The van der Waals surface area contributed by atoms with Crippen LogP contribution in [0.4, 0.5) is 0 Å². The second-order valence-corrected chi connectivity index (χ2v) is 6.32. The zero-order valence-corrected chi connectivity index (χ0v) is 16.6. The van der Waals surface area contributed by atoms with E-state index in [1.807, 2.05) is 0 Å². The summed E-state index contributed by atoms with van der Waals surface area (Å²) in [6.07, 6.45) is 14.2. The number of rotatable bonds is 16. The average Bonchev–Trinajstić information content (AvgIpc) is 2.47. The summed E-state index contributed by atoms with van der Waals surface area (Å²) in [5.41, 5.74) is 0. The van der Waals surface area contributed by atoms with E-state index >= 15 is 0 Å². The molecule has 0 aliphatic carbocycles. The number of unbranched alkanes of at least 4 members (excludes halogenated alkanes) is 8. The second-order valence-electron chi connectivity index (χ2n) is 6.32. The van der Waals surface area contributed by atoms with Gasteiger partial charge < -0.3 is 10.2 Å². The number of hydrogen-bond acceptors (Lipinski definition) is 2. The van der Waals surface area contributed by atoms with Crippen LogP contribution in [-0.4, -0.2) is 22.2 Å². The van der Waals surface area contributed by atoms with Gasteiger partial charge in [-0.05, 0) is 18.8 Å². The third-order valence-corrected chi connectivity index (χ3v) is 4.35. The summed E-state index contributed by atoms with van der Waals surface area (Å²) in [6, 6.07) is 0. The van der Waals surface area contributed by atoms with Gasteiger partial charge in [0.1, 0.15) is 0 Å². The molecule has 2 N–H and O–H groups in total. The number of carboxylic acids is 2. The average molecular weight is 387 g/mol. The Hall–Kier alpha value is -0.480. The monoisotopic (exact) mass is 386 g/mol. The molecule has 0 radical (unpaired) electrons. The number of hydrogen-bond donors (Lipinski definition) is 2. The van der Waals surface area contributed by atoms with Crippen LogP contribution in [0.3, 0.4) is 0 Å². The van der Waals surface area contributed by atoms with Gasteiger partial charge >= 0.3 is 11.9 Å². The standard InChI is InChI=1S/C18H34O4.2ClH/c1-2-16(14-15-18(21)22)12-10-8-6-4-3-5-7-9-11-13-17(19)20;;/h16H,2-15H2,1H3,(H,19,20)(H,21,22);2*1H. The third-order valence-electron chi connectivity index (χ3n) is 4.35. The predicted octanol–water partition coefficient (Wildman–Crippen LogP) is 6.10. The van der Waals surface area contributed by atoms with Gasteiger partial charge in [0.2, 0.25) is 0 Å². The summed E-state index contributed by atoms with van der Waals surface area (Å²) in [6.45, 7) is 2.15. The van der Waals surface area contributed by atoms with Gasteiger partial charge in [0.15, 0.2) is 0 Å². The van der Waals surface area contributed by atoms with Crippen molar-refractivity contribution in [3.8, 4) is 0 Å². The molecule has 0 bridgehead atoms. The van der Waals surface area contributed by atoms with E-state index in [1.54, 1.807) is 0 Å². The zero-order valence-electron chi connectivity index (χ0n) is 15.0. The first-order valence-electron chi connectivity index (χ1n) is 8.99. The molecule has 6 heteroatoms. The van der Waals surface area contributed by atoms with Gasteiger partial charge in [-0.25, -0.2) is 0 Å². The van der Waals surface area contributed by atoms with E-state index in [4.69, 9.17) is 10.2 Å². The lowest BCUT2D eigenvalue weighted by atomic mass is 9.93. The van der Waals surface area contributed by atoms with Crippen molar-refractivity contribution in [1.29, 1.82) is 0 Å². The highest BCUT2D eigenvalue weighted by Gasteiger charge is 2.08. The van der Waals surface area contributed by atoms with Gasteiger partial charge in [-0.3, -0.25) is 9.59 Å². The first kappa shape index (κ1) is 28.3. The smallest absolute Gasteiger partial charge is 0.303 e. The summed E-state index contributed by atoms with van der Waals surface area (Å²) < 4.78 is 0. The highest BCUT2D eigenvalue weighted by atomic mass is 35.5. The summed E-state index contributed by atoms with van der Waals surface area (Å²) >= 11 is 0. The van der Waals surface area contributed by atoms with Gasteiger partial charge in [-0.15, -0.1) is 24.8 Å². The minimum absolute atomic E-state index is 0. The minimum Gasteiger partial charge on any atom is -0.481 e. The van der Waals surface area contributed by atoms with Crippen LogP contribution in [0.1, 0.15) is 96.8 Å². The lowest BCUT2D eigenvalue weighted by Gasteiger charge is -2.13. The molecule has 0 fully saturated rings. The van der Waals surface area contributed by atoms with Crippen LogP contribution in [-0.2, 0) is 9.59 Å². The van der Waals surface area contributed by atoms with E-state index in [9.17, 15) is 9.59 Å². The molecule has 0 saturated carbocycles. The minimum atomic E-state index is -0.686. The van der Waals surface area contributed by atoms with E-state index in [2.05, 4.69) is 6.92 Å². The molecule has 24 heavy (non-hydrogen) atoms. The SMILES string of the molecule is CCC(CCCCCCCCCCCC(=O)O)CCC(=O)O.Cl.Cl. The van der Waals surface area contributed by atoms with Crippen molar-refractivity contribution in [2.75, 3.05) is 0 Å². The molecule has 0 rings (SSSR count). The molecule has 0 aromatic rings. The van der Waals surface area contributed by atoms with Crippen LogP contribution in [0.2, 0.25) is 0 Å². The Morgan fingerprint density at radius 3 is 1.50 bits per heavy atom. The maximum Gasteiger partial charge on any atom is 0.303 e. The van der Waals surface area contributed by atoms with Gasteiger partial charge in [-0.1, -0.05) is 71.1 Å². The van der Waals surface area contributed by atoms with Crippen LogP contribution >= 0.6 is 24.8 Å². The highest BCUT2D eigenvalue weighted by molar-refractivity contribution is 5.85. The van der Waals surface area contributed by atoms with Crippen molar-refractivity contribution in [2.45, 2.75) is 96.8 Å². The molecule has 0 aliphatic rings. The largest absolute Gasteiger partial charge is 0.481 e. The molecule has 0 aromatic carbocycles. The summed E-state index contributed by atoms with van der Waals surface area (Å²) in [7, 11) is 0. The van der Waals surface area contributed by atoms with Gasteiger partial charge in [0, 0.05) is 12.8 Å². The van der Waals surface area contributed by atoms with Crippen molar-refractivity contribution in [2.24, 2.45) is 5.92 Å². The van der Waals surface area contributed by atoms with Crippen LogP contribution in [0.15, 0.2) is 0 Å². The Kier molecular flexibility index (Phi) is 24.3. The first-order chi connectivity index (χ1) is 10.6. The maximum atomic E-state index is 10.6. The maximum absolute atomic E-state index is 10.6. The Labute approximate surface area is 159 Å². The fourth-order valence-electron chi connectivity index (χ4n) is 2.83. The van der Waals surface area contributed by atoms with Crippen molar-refractivity contribution in [3.63, 3.8) is 0 Å². The van der Waals surface area contributed by atoms with Crippen LogP contribution < -0.4 is 0 Å². The lowest BCUT2D eigenvalue weighted by molar-refractivity contribution is -0.138. The second kappa shape index (κ2) is 20.6. The molecular weight excluding hydrogens is 351 g/mol. The fraction of sp³-hybridized carbons (Fsp3) is 0.889. The van der Waals surface area contributed by atoms with Crippen molar-refractivity contribution in [1.82, 2.24) is 0 Å². The summed E-state index contributed by atoms with van der Waals surface area (Å²) in [5.74, 6) is -0.791. The quantitative estimate of drug-likeness (QED) is 0.314. The fourth-order valence-corrected chi connectivity index (χ4v) is 2.83. The highest BCUT2D eigenvalue weighted by Crippen LogP contribution is 2.20. The number of aliphatic carboxylic acids is 2. The molecule has 0 saturated heterocycles. The summed E-state index contributed by atoms with van der Waals surface area (Å²) in [5, 5.41) is 17.2. The molecule has 0 amide bonds. The lowest BCUT2D eigenvalue weighted by Crippen LogP contribution is -2.03. The van der Waals surface area contributed by atoms with Crippen molar-refractivity contribution >= 4 is 36.8 Å². The topological polar surface area (TPSA) is 74.6 Å². The van der Waals surface area contributed by atoms with Gasteiger partial charge in [0.25, 0.3) is 0 Å². The molecule has 146 valence electrons. The third kappa shape index (κ3) is 21.5. The first-order valence-corrected chi connectivity index (χ1v) is 8.99.